The van der Waals surface area contributed by atoms with E-state index in [1.54, 1.807) is 12.1 Å². The Labute approximate surface area is 152 Å². The number of piperazine rings is 1. The molecule has 0 amide bonds. The first kappa shape index (κ1) is 17.1. The summed E-state index contributed by atoms with van der Waals surface area (Å²) in [5.41, 5.74) is 1.58. The van der Waals surface area contributed by atoms with Crippen LogP contribution in [0.4, 0.5) is 5.69 Å². The molecule has 1 fully saturated rings. The van der Waals surface area contributed by atoms with Crippen molar-refractivity contribution in [1.29, 1.82) is 0 Å². The van der Waals surface area contributed by atoms with Crippen molar-refractivity contribution in [3.8, 4) is 0 Å². The average Bonchev–Trinajstić information content (AvgIpc) is 3.04. The number of benzene rings is 2. The second kappa shape index (κ2) is 6.75. The Morgan fingerprint density at radius 2 is 1.65 bits per heavy atom. The summed E-state index contributed by atoms with van der Waals surface area (Å²) in [4.78, 5) is 4.58. The van der Waals surface area contributed by atoms with Crippen molar-refractivity contribution >= 4 is 26.7 Å². The van der Waals surface area contributed by atoms with Crippen molar-refractivity contribution in [3.63, 3.8) is 0 Å². The number of nitrogens with zero attached hydrogens (tertiary/aromatic N) is 2. The number of furan rings is 1. The van der Waals surface area contributed by atoms with Crippen molar-refractivity contribution in [2.75, 3.05) is 31.1 Å². The van der Waals surface area contributed by atoms with Crippen molar-refractivity contribution < 1.29 is 12.8 Å². The molecule has 1 aliphatic rings. The molecule has 6 nitrogen and oxygen atoms in total. The summed E-state index contributed by atoms with van der Waals surface area (Å²) in [5, 5.41) is 6.47. The van der Waals surface area contributed by atoms with Crippen LogP contribution in [0.25, 0.3) is 11.0 Å². The second-order valence-electron chi connectivity index (χ2n) is 6.53. The van der Waals surface area contributed by atoms with E-state index in [2.05, 4.69) is 15.9 Å². The molecule has 26 heavy (non-hydrogen) atoms. The van der Waals surface area contributed by atoms with Gasteiger partial charge in [0.05, 0.1) is 12.2 Å². The van der Waals surface area contributed by atoms with Crippen molar-refractivity contribution in [3.05, 3.63) is 60.4 Å². The number of rotatable bonds is 4. The predicted octanol–water partition coefficient (Wildman–Crippen LogP) is 2.40. The molecule has 0 saturated carbocycles. The Bertz CT molecular complexity index is 988. The molecule has 1 aliphatic heterocycles. The third kappa shape index (κ3) is 3.46. The van der Waals surface area contributed by atoms with Gasteiger partial charge >= 0.3 is 0 Å². The predicted molar refractivity (Wildman–Crippen MR) is 102 cm³/mol. The number of primary sulfonamides is 1. The van der Waals surface area contributed by atoms with Gasteiger partial charge in [-0.25, -0.2) is 13.6 Å². The smallest absolute Gasteiger partial charge is 0.240 e. The van der Waals surface area contributed by atoms with E-state index in [-0.39, 0.29) is 4.90 Å². The first-order valence-electron chi connectivity index (χ1n) is 8.57. The Morgan fingerprint density at radius 1 is 0.962 bits per heavy atom. The van der Waals surface area contributed by atoms with Gasteiger partial charge in [-0.3, -0.25) is 4.90 Å². The molecule has 0 radical (unpaired) electrons. The molecule has 2 heterocycles. The monoisotopic (exact) mass is 371 g/mol. The lowest BCUT2D eigenvalue weighted by molar-refractivity contribution is 0.232. The molecule has 1 saturated heterocycles. The molecular weight excluding hydrogens is 350 g/mol. The van der Waals surface area contributed by atoms with Crippen molar-refractivity contribution in [2.45, 2.75) is 11.4 Å². The highest BCUT2D eigenvalue weighted by Gasteiger charge is 2.23. The van der Waals surface area contributed by atoms with Crippen LogP contribution in [0.3, 0.4) is 0 Å². The molecule has 2 aromatic carbocycles. The maximum Gasteiger partial charge on any atom is 0.240 e. The van der Waals surface area contributed by atoms with E-state index < -0.39 is 10.0 Å². The van der Waals surface area contributed by atoms with Crippen LogP contribution in [0.2, 0.25) is 0 Å². The molecule has 4 rings (SSSR count). The van der Waals surface area contributed by atoms with Gasteiger partial charge in [0.1, 0.15) is 16.2 Å². The lowest BCUT2D eigenvalue weighted by Crippen LogP contribution is -2.46. The number of fused-ring (bicyclic) bond motifs is 1. The Morgan fingerprint density at radius 3 is 2.38 bits per heavy atom. The van der Waals surface area contributed by atoms with Crippen LogP contribution in [0.15, 0.2) is 63.9 Å². The van der Waals surface area contributed by atoms with Crippen molar-refractivity contribution in [1.82, 2.24) is 4.90 Å². The Kier molecular flexibility index (Phi) is 4.44. The molecule has 7 heteroatoms. The molecule has 0 spiro atoms. The zero-order valence-corrected chi connectivity index (χ0v) is 15.2. The van der Waals surface area contributed by atoms with Crippen LogP contribution >= 0.6 is 0 Å². The van der Waals surface area contributed by atoms with Gasteiger partial charge < -0.3 is 9.32 Å². The number of anilines is 1. The molecule has 1 aromatic heterocycles. The third-order valence-electron chi connectivity index (χ3n) is 4.74. The molecular formula is C19H21N3O3S. The van der Waals surface area contributed by atoms with Gasteiger partial charge in [0.2, 0.25) is 10.0 Å². The zero-order valence-electron chi connectivity index (χ0n) is 14.3. The lowest BCUT2D eigenvalue weighted by atomic mass is 10.2. The van der Waals surface area contributed by atoms with Crippen LogP contribution in [-0.2, 0) is 16.6 Å². The molecule has 0 aliphatic carbocycles. The first-order chi connectivity index (χ1) is 12.5. The van der Waals surface area contributed by atoms with Crippen LogP contribution in [0, 0.1) is 0 Å². The van der Waals surface area contributed by atoms with E-state index in [1.807, 2.05) is 36.4 Å². The summed E-state index contributed by atoms with van der Waals surface area (Å²) in [5.74, 6) is 0.949. The molecule has 0 bridgehead atoms. The Hall–Kier alpha value is -2.35. The maximum atomic E-state index is 11.8. The number of nitrogens with two attached hydrogens (primary N) is 1. The first-order valence-corrected chi connectivity index (χ1v) is 10.1. The number of sulfonamides is 1. The van der Waals surface area contributed by atoms with Gasteiger partial charge in [-0.2, -0.15) is 0 Å². The van der Waals surface area contributed by atoms with Gasteiger partial charge in [0, 0.05) is 31.6 Å². The van der Waals surface area contributed by atoms with E-state index in [9.17, 15) is 8.42 Å². The van der Waals surface area contributed by atoms with Crippen LogP contribution in [-0.4, -0.2) is 39.5 Å². The van der Waals surface area contributed by atoms with Crippen LogP contribution in [0.5, 0.6) is 0 Å². The van der Waals surface area contributed by atoms with Gasteiger partial charge in [-0.05, 0) is 24.3 Å². The topological polar surface area (TPSA) is 79.8 Å². The SMILES string of the molecule is NS(=O)(=O)c1ccccc1N1CCN(Cc2cc3ccccc3o2)CC1. The van der Waals surface area contributed by atoms with Crippen LogP contribution in [0.1, 0.15) is 5.76 Å². The van der Waals surface area contributed by atoms with E-state index >= 15 is 0 Å². The third-order valence-corrected chi connectivity index (χ3v) is 5.70. The number of hydrogen-bond acceptors (Lipinski definition) is 5. The summed E-state index contributed by atoms with van der Waals surface area (Å²) >= 11 is 0. The quantitative estimate of drug-likeness (QED) is 0.762. The summed E-state index contributed by atoms with van der Waals surface area (Å²) in [6.45, 7) is 3.89. The Balaban J connectivity index is 1.45. The number of hydrogen-bond donors (Lipinski definition) is 1. The highest BCUT2D eigenvalue weighted by molar-refractivity contribution is 7.89. The minimum Gasteiger partial charge on any atom is -0.460 e. The normalized spacial score (nSPS) is 16.3. The van der Waals surface area contributed by atoms with E-state index in [0.717, 1.165) is 49.5 Å². The van der Waals surface area contributed by atoms with E-state index in [0.29, 0.717) is 5.69 Å². The summed E-state index contributed by atoms with van der Waals surface area (Å²) in [6.07, 6.45) is 0. The maximum absolute atomic E-state index is 11.8. The van der Waals surface area contributed by atoms with E-state index in [1.165, 1.54) is 0 Å². The average molecular weight is 371 g/mol. The number of para-hydroxylation sites is 2. The second-order valence-corrected chi connectivity index (χ2v) is 8.06. The summed E-state index contributed by atoms with van der Waals surface area (Å²) in [6, 6.07) is 17.0. The van der Waals surface area contributed by atoms with Gasteiger partial charge in [-0.15, -0.1) is 0 Å². The minimum absolute atomic E-state index is 0.186. The van der Waals surface area contributed by atoms with Gasteiger partial charge in [-0.1, -0.05) is 30.3 Å². The largest absolute Gasteiger partial charge is 0.460 e. The zero-order chi connectivity index (χ0) is 18.1. The summed E-state index contributed by atoms with van der Waals surface area (Å²) < 4.78 is 29.5. The minimum atomic E-state index is -3.73. The molecule has 0 unspecified atom stereocenters. The molecule has 2 N–H and O–H groups in total. The standard InChI is InChI=1S/C19H21N3O3S/c20-26(23,24)19-8-4-2-6-17(19)22-11-9-21(10-12-22)14-16-13-15-5-1-3-7-18(15)25-16/h1-8,13H,9-12,14H2,(H2,20,23,24). The highest BCUT2D eigenvalue weighted by Crippen LogP contribution is 2.26. The van der Waals surface area contributed by atoms with Gasteiger partial charge in [0.15, 0.2) is 0 Å². The summed E-state index contributed by atoms with van der Waals surface area (Å²) in [7, 11) is -3.73. The molecule has 0 atom stereocenters. The highest BCUT2D eigenvalue weighted by atomic mass is 32.2. The van der Waals surface area contributed by atoms with Crippen molar-refractivity contribution in [2.24, 2.45) is 5.14 Å². The molecule has 3 aromatic rings. The van der Waals surface area contributed by atoms with Crippen LogP contribution < -0.4 is 10.0 Å². The fraction of sp³-hybridized carbons (Fsp3) is 0.263. The fourth-order valence-electron chi connectivity index (χ4n) is 3.44. The van der Waals surface area contributed by atoms with E-state index in [4.69, 9.17) is 9.56 Å². The molecule has 136 valence electrons. The fourth-order valence-corrected chi connectivity index (χ4v) is 4.20. The lowest BCUT2D eigenvalue weighted by Gasteiger charge is -2.36. The van der Waals surface area contributed by atoms with Gasteiger partial charge in [0.25, 0.3) is 0 Å².